The maximum absolute atomic E-state index is 13.8. The van der Waals surface area contributed by atoms with E-state index in [1.165, 1.54) is 11.0 Å². The quantitative estimate of drug-likeness (QED) is 0.803. The molecule has 0 aliphatic heterocycles. The average Bonchev–Trinajstić information content (AvgIpc) is 2.51. The molecule has 0 aliphatic rings. The van der Waals surface area contributed by atoms with E-state index in [-0.39, 0.29) is 24.2 Å². The summed E-state index contributed by atoms with van der Waals surface area (Å²) in [4.78, 5) is 25.9. The van der Waals surface area contributed by atoms with E-state index < -0.39 is 6.04 Å². The Hall–Kier alpha value is -1.91. The van der Waals surface area contributed by atoms with Crippen LogP contribution in [0.15, 0.2) is 24.3 Å². The van der Waals surface area contributed by atoms with Gasteiger partial charge in [0.2, 0.25) is 11.8 Å². The second-order valence-electron chi connectivity index (χ2n) is 5.33. The fourth-order valence-electron chi connectivity index (χ4n) is 2.15. The number of carbonyl (C=O) groups excluding carboxylic acids is 2. The molecule has 0 heterocycles. The van der Waals surface area contributed by atoms with E-state index >= 15 is 0 Å². The van der Waals surface area contributed by atoms with Crippen molar-refractivity contribution in [2.45, 2.75) is 52.6 Å². The molecule has 0 aliphatic carbocycles. The maximum atomic E-state index is 13.8. The van der Waals surface area contributed by atoms with Crippen LogP contribution in [0, 0.1) is 5.82 Å². The van der Waals surface area contributed by atoms with Crippen molar-refractivity contribution >= 4 is 11.8 Å². The van der Waals surface area contributed by atoms with Gasteiger partial charge in [0.05, 0.1) is 0 Å². The van der Waals surface area contributed by atoms with Gasteiger partial charge in [-0.1, -0.05) is 32.0 Å². The molecule has 4 nitrogen and oxygen atoms in total. The summed E-state index contributed by atoms with van der Waals surface area (Å²) in [6.07, 6.45) is 1.87. The Balaban J connectivity index is 2.90. The number of hydrogen-bond donors (Lipinski definition) is 1. The summed E-state index contributed by atoms with van der Waals surface area (Å²) in [5.74, 6) is -0.703. The molecule has 5 heteroatoms. The largest absolute Gasteiger partial charge is 0.354 e. The first-order chi connectivity index (χ1) is 10.5. The van der Waals surface area contributed by atoms with Gasteiger partial charge in [-0.3, -0.25) is 9.59 Å². The van der Waals surface area contributed by atoms with E-state index in [2.05, 4.69) is 5.32 Å². The third-order valence-electron chi connectivity index (χ3n) is 3.48. The second kappa shape index (κ2) is 9.18. The van der Waals surface area contributed by atoms with Crippen LogP contribution in [-0.4, -0.2) is 29.3 Å². The van der Waals surface area contributed by atoms with Crippen LogP contribution in [0.3, 0.4) is 0 Å². The van der Waals surface area contributed by atoms with Crippen molar-refractivity contribution in [3.05, 3.63) is 35.6 Å². The topological polar surface area (TPSA) is 49.4 Å². The van der Waals surface area contributed by atoms with Crippen molar-refractivity contribution in [1.82, 2.24) is 10.2 Å². The molecule has 2 amide bonds. The number of nitrogens with zero attached hydrogens (tertiary/aromatic N) is 1. The molecular formula is C17H25FN2O2. The van der Waals surface area contributed by atoms with E-state index in [1.54, 1.807) is 25.1 Å². The van der Waals surface area contributed by atoms with Crippen molar-refractivity contribution in [2.24, 2.45) is 0 Å². The highest BCUT2D eigenvalue weighted by Crippen LogP contribution is 2.14. The van der Waals surface area contributed by atoms with Crippen LogP contribution < -0.4 is 5.32 Å². The zero-order valence-electron chi connectivity index (χ0n) is 13.6. The molecule has 122 valence electrons. The third kappa shape index (κ3) is 5.13. The molecule has 0 saturated carbocycles. The molecule has 1 N–H and O–H groups in total. The molecule has 0 fully saturated rings. The van der Waals surface area contributed by atoms with Crippen molar-refractivity contribution in [3.63, 3.8) is 0 Å². The molecule has 1 rings (SSSR count). The zero-order chi connectivity index (χ0) is 16.5. The first-order valence-corrected chi connectivity index (χ1v) is 7.81. The lowest BCUT2D eigenvalue weighted by atomic mass is 10.1. The van der Waals surface area contributed by atoms with Crippen LogP contribution in [0.25, 0.3) is 0 Å². The average molecular weight is 308 g/mol. The number of hydrogen-bond acceptors (Lipinski definition) is 2. The predicted octanol–water partition coefficient (Wildman–Crippen LogP) is 2.87. The fraction of sp³-hybridized carbons (Fsp3) is 0.529. The Morgan fingerprint density at radius 3 is 2.50 bits per heavy atom. The Morgan fingerprint density at radius 2 is 1.91 bits per heavy atom. The summed E-state index contributed by atoms with van der Waals surface area (Å²) in [6.45, 7) is 6.22. The molecule has 0 saturated heterocycles. The van der Waals surface area contributed by atoms with Crippen LogP contribution >= 0.6 is 0 Å². The maximum Gasteiger partial charge on any atom is 0.242 e. The monoisotopic (exact) mass is 308 g/mol. The summed E-state index contributed by atoms with van der Waals surface area (Å²) in [7, 11) is 0. The minimum Gasteiger partial charge on any atom is -0.354 e. The number of carbonyl (C=O) groups is 2. The van der Waals surface area contributed by atoms with E-state index in [1.807, 2.05) is 13.8 Å². The van der Waals surface area contributed by atoms with Gasteiger partial charge >= 0.3 is 0 Å². The molecule has 1 atom stereocenters. The van der Waals surface area contributed by atoms with Gasteiger partial charge in [0, 0.05) is 25.1 Å². The van der Waals surface area contributed by atoms with Crippen LogP contribution in [0.4, 0.5) is 4.39 Å². The number of benzene rings is 1. The number of halogens is 1. The molecule has 1 aromatic carbocycles. The summed E-state index contributed by atoms with van der Waals surface area (Å²) in [5, 5.41) is 2.78. The molecule has 0 bridgehead atoms. The summed E-state index contributed by atoms with van der Waals surface area (Å²) >= 11 is 0. The number of nitrogens with one attached hydrogen (secondary N) is 1. The van der Waals surface area contributed by atoms with Gasteiger partial charge in [-0.05, 0) is 25.8 Å². The molecule has 0 aromatic heterocycles. The lowest BCUT2D eigenvalue weighted by Crippen LogP contribution is -2.47. The predicted molar refractivity (Wildman–Crippen MR) is 84.6 cm³/mol. The molecule has 0 radical (unpaired) electrons. The van der Waals surface area contributed by atoms with E-state index in [4.69, 9.17) is 0 Å². The van der Waals surface area contributed by atoms with Gasteiger partial charge in [-0.15, -0.1) is 0 Å². The van der Waals surface area contributed by atoms with Crippen LogP contribution in [0.5, 0.6) is 0 Å². The number of rotatable bonds is 8. The van der Waals surface area contributed by atoms with Crippen molar-refractivity contribution < 1.29 is 14.0 Å². The van der Waals surface area contributed by atoms with Crippen molar-refractivity contribution in [1.29, 1.82) is 0 Å². The highest BCUT2D eigenvalue weighted by atomic mass is 19.1. The van der Waals surface area contributed by atoms with Crippen LogP contribution in [0.1, 0.15) is 45.6 Å². The highest BCUT2D eigenvalue weighted by molar-refractivity contribution is 5.87. The highest BCUT2D eigenvalue weighted by Gasteiger charge is 2.25. The van der Waals surface area contributed by atoms with Crippen molar-refractivity contribution in [2.75, 3.05) is 6.54 Å². The summed E-state index contributed by atoms with van der Waals surface area (Å²) in [5.41, 5.74) is 0.419. The molecule has 1 aromatic rings. The van der Waals surface area contributed by atoms with Crippen molar-refractivity contribution in [3.8, 4) is 0 Å². The Morgan fingerprint density at radius 1 is 1.23 bits per heavy atom. The fourth-order valence-corrected chi connectivity index (χ4v) is 2.15. The SMILES string of the molecule is CCCNC(=O)[C@H](C)N(Cc1ccccc1F)C(=O)CCC. The standard InChI is InChI=1S/C17H25FN2O2/c1-4-8-16(21)20(13(3)17(22)19-11-5-2)12-14-9-6-7-10-15(14)18/h6-7,9-10,13H,4-5,8,11-12H2,1-3H3,(H,19,22)/t13-/m0/s1. The molecule has 0 spiro atoms. The molecule has 22 heavy (non-hydrogen) atoms. The van der Waals surface area contributed by atoms with Gasteiger partial charge < -0.3 is 10.2 Å². The van der Waals surface area contributed by atoms with Crippen LogP contribution in [-0.2, 0) is 16.1 Å². The van der Waals surface area contributed by atoms with E-state index in [0.717, 1.165) is 6.42 Å². The summed E-state index contributed by atoms with van der Waals surface area (Å²) in [6, 6.07) is 5.71. The van der Waals surface area contributed by atoms with Gasteiger partial charge in [0.15, 0.2) is 0 Å². The smallest absolute Gasteiger partial charge is 0.242 e. The van der Waals surface area contributed by atoms with Gasteiger partial charge in [-0.2, -0.15) is 0 Å². The molecular weight excluding hydrogens is 283 g/mol. The van der Waals surface area contributed by atoms with Gasteiger partial charge in [0.1, 0.15) is 11.9 Å². The minimum atomic E-state index is -0.620. The third-order valence-corrected chi connectivity index (χ3v) is 3.48. The lowest BCUT2D eigenvalue weighted by Gasteiger charge is -2.28. The Bertz CT molecular complexity index is 505. The van der Waals surface area contributed by atoms with Gasteiger partial charge in [0.25, 0.3) is 0 Å². The van der Waals surface area contributed by atoms with E-state index in [9.17, 15) is 14.0 Å². The Labute approximate surface area is 131 Å². The van der Waals surface area contributed by atoms with Crippen LogP contribution in [0.2, 0.25) is 0 Å². The first-order valence-electron chi connectivity index (χ1n) is 7.81. The number of amides is 2. The zero-order valence-corrected chi connectivity index (χ0v) is 13.6. The van der Waals surface area contributed by atoms with E-state index in [0.29, 0.717) is 24.9 Å². The normalized spacial score (nSPS) is 11.8. The van der Waals surface area contributed by atoms with Gasteiger partial charge in [-0.25, -0.2) is 4.39 Å². The minimum absolute atomic E-state index is 0.103. The first kappa shape index (κ1) is 18.1. The molecule has 0 unspecified atom stereocenters. The Kier molecular flexibility index (Phi) is 7.57. The second-order valence-corrected chi connectivity index (χ2v) is 5.33. The lowest BCUT2D eigenvalue weighted by molar-refractivity contribution is -0.140. The summed E-state index contributed by atoms with van der Waals surface area (Å²) < 4.78 is 13.8.